The lowest BCUT2D eigenvalue weighted by Gasteiger charge is -2.22. The summed E-state index contributed by atoms with van der Waals surface area (Å²) in [6, 6.07) is 3.73. The summed E-state index contributed by atoms with van der Waals surface area (Å²) >= 11 is 0. The van der Waals surface area contributed by atoms with Crippen molar-refractivity contribution in [1.82, 2.24) is 0 Å². The van der Waals surface area contributed by atoms with Crippen molar-refractivity contribution in [1.29, 1.82) is 0 Å². The highest BCUT2D eigenvalue weighted by Crippen LogP contribution is 2.29. The van der Waals surface area contributed by atoms with Gasteiger partial charge in [0.15, 0.2) is 9.84 Å². The number of nitro benzene ring substituents is 1. The van der Waals surface area contributed by atoms with Gasteiger partial charge < -0.3 is 10.1 Å². The highest BCUT2D eigenvalue weighted by Gasteiger charge is 2.22. The third-order valence-electron chi connectivity index (χ3n) is 3.09. The molecule has 1 aromatic carbocycles. The minimum Gasteiger partial charge on any atom is -0.383 e. The zero-order valence-corrected chi connectivity index (χ0v) is 13.3. The smallest absolute Gasteiger partial charge is 0.293 e. The molecule has 0 fully saturated rings. The van der Waals surface area contributed by atoms with E-state index in [9.17, 15) is 18.5 Å². The molecule has 0 aliphatic rings. The number of nitrogens with zero attached hydrogens (tertiary/aromatic N) is 1. The minimum absolute atomic E-state index is 0.0763. The Morgan fingerprint density at radius 2 is 2.00 bits per heavy atom. The fraction of sp³-hybridized carbons (Fsp3) is 0.538. The minimum atomic E-state index is -3.49. The molecule has 8 heteroatoms. The number of benzene rings is 1. The van der Waals surface area contributed by atoms with Crippen LogP contribution in [0.1, 0.15) is 13.8 Å². The Morgan fingerprint density at radius 1 is 1.38 bits per heavy atom. The number of ether oxygens (including phenoxy) is 1. The average Bonchev–Trinajstić information content (AvgIpc) is 2.36. The van der Waals surface area contributed by atoms with Gasteiger partial charge in [0.1, 0.15) is 5.69 Å². The molecule has 7 nitrogen and oxygen atoms in total. The van der Waals surface area contributed by atoms with E-state index in [4.69, 9.17) is 4.74 Å². The molecule has 0 aliphatic heterocycles. The van der Waals surface area contributed by atoms with Crippen molar-refractivity contribution >= 4 is 21.2 Å². The number of anilines is 1. The standard InChI is InChI=1S/C13H20N2O5S/c1-9(2)12(8-20-3)14-11-6-5-10(21(4,18)19)7-13(11)15(16)17/h5-7,9,12,14H,8H2,1-4H3. The third kappa shape index (κ3) is 4.68. The molecule has 1 atom stereocenters. The zero-order chi connectivity index (χ0) is 16.2. The molecule has 1 N–H and O–H groups in total. The molecule has 0 heterocycles. The van der Waals surface area contributed by atoms with Gasteiger partial charge in [0.05, 0.1) is 22.5 Å². The molecular weight excluding hydrogens is 296 g/mol. The lowest BCUT2D eigenvalue weighted by Crippen LogP contribution is -2.30. The van der Waals surface area contributed by atoms with Gasteiger partial charge in [-0.05, 0) is 18.1 Å². The van der Waals surface area contributed by atoms with E-state index >= 15 is 0 Å². The van der Waals surface area contributed by atoms with Crippen molar-refractivity contribution in [3.8, 4) is 0 Å². The van der Waals surface area contributed by atoms with E-state index < -0.39 is 14.8 Å². The van der Waals surface area contributed by atoms with Crippen molar-refractivity contribution in [2.75, 3.05) is 25.3 Å². The number of sulfone groups is 1. The molecule has 118 valence electrons. The van der Waals surface area contributed by atoms with E-state index in [0.717, 1.165) is 12.3 Å². The van der Waals surface area contributed by atoms with Crippen LogP contribution in [0.4, 0.5) is 11.4 Å². The molecule has 0 amide bonds. The molecule has 21 heavy (non-hydrogen) atoms. The Bertz CT molecular complexity index is 613. The van der Waals surface area contributed by atoms with Crippen LogP contribution < -0.4 is 5.32 Å². The highest BCUT2D eigenvalue weighted by molar-refractivity contribution is 7.90. The number of hydrogen-bond donors (Lipinski definition) is 1. The number of nitrogens with one attached hydrogen (secondary N) is 1. The molecule has 0 aliphatic carbocycles. The van der Waals surface area contributed by atoms with E-state index in [-0.39, 0.29) is 28.2 Å². The third-order valence-corrected chi connectivity index (χ3v) is 4.20. The van der Waals surface area contributed by atoms with Crippen LogP contribution in [0, 0.1) is 16.0 Å². The summed E-state index contributed by atoms with van der Waals surface area (Å²) in [5, 5.41) is 14.2. The summed E-state index contributed by atoms with van der Waals surface area (Å²) in [7, 11) is -1.93. The maximum atomic E-state index is 11.5. The molecule has 0 radical (unpaired) electrons. The van der Waals surface area contributed by atoms with Gasteiger partial charge in [-0.1, -0.05) is 13.8 Å². The van der Waals surface area contributed by atoms with Gasteiger partial charge in [-0.25, -0.2) is 8.42 Å². The second-order valence-electron chi connectivity index (χ2n) is 5.16. The summed E-state index contributed by atoms with van der Waals surface area (Å²) < 4.78 is 28.1. The van der Waals surface area contributed by atoms with Crippen LogP contribution in [0.15, 0.2) is 23.1 Å². The second kappa shape index (κ2) is 6.86. The first-order chi connectivity index (χ1) is 9.66. The van der Waals surface area contributed by atoms with Gasteiger partial charge in [-0.3, -0.25) is 10.1 Å². The van der Waals surface area contributed by atoms with E-state index in [2.05, 4.69) is 5.32 Å². The van der Waals surface area contributed by atoms with Crippen LogP contribution in [-0.4, -0.2) is 39.4 Å². The van der Waals surface area contributed by atoms with Gasteiger partial charge in [0.2, 0.25) is 0 Å². The van der Waals surface area contributed by atoms with Crippen molar-refractivity contribution < 1.29 is 18.1 Å². The lowest BCUT2D eigenvalue weighted by molar-refractivity contribution is -0.384. The van der Waals surface area contributed by atoms with Crippen molar-refractivity contribution in [2.24, 2.45) is 5.92 Å². The first-order valence-corrected chi connectivity index (χ1v) is 8.30. The summed E-state index contributed by atoms with van der Waals surface area (Å²) in [6.45, 7) is 4.32. The van der Waals surface area contributed by atoms with Crippen molar-refractivity contribution in [3.05, 3.63) is 28.3 Å². The van der Waals surface area contributed by atoms with E-state index in [0.29, 0.717) is 6.61 Å². The van der Waals surface area contributed by atoms with E-state index in [1.54, 1.807) is 7.11 Å². The fourth-order valence-electron chi connectivity index (χ4n) is 1.80. The SMILES string of the molecule is COCC(Nc1ccc(S(C)(=O)=O)cc1[N+](=O)[O-])C(C)C. The van der Waals surface area contributed by atoms with E-state index in [1.807, 2.05) is 13.8 Å². The molecule has 0 bridgehead atoms. The highest BCUT2D eigenvalue weighted by atomic mass is 32.2. The van der Waals surface area contributed by atoms with Gasteiger partial charge in [0.25, 0.3) is 5.69 Å². The van der Waals surface area contributed by atoms with Crippen LogP contribution in [0.3, 0.4) is 0 Å². The number of hydrogen-bond acceptors (Lipinski definition) is 6. The van der Waals surface area contributed by atoms with Gasteiger partial charge in [-0.15, -0.1) is 0 Å². The Morgan fingerprint density at radius 3 is 2.43 bits per heavy atom. The average molecular weight is 316 g/mol. The number of nitro groups is 1. The molecule has 1 rings (SSSR count). The number of rotatable bonds is 7. The molecule has 0 saturated carbocycles. The summed E-state index contributed by atoms with van der Waals surface area (Å²) in [5.74, 6) is 0.194. The second-order valence-corrected chi connectivity index (χ2v) is 7.17. The largest absolute Gasteiger partial charge is 0.383 e. The van der Waals surface area contributed by atoms with Gasteiger partial charge in [0, 0.05) is 19.4 Å². The van der Waals surface area contributed by atoms with E-state index in [1.165, 1.54) is 12.1 Å². The molecular formula is C13H20N2O5S. The van der Waals surface area contributed by atoms with Crippen LogP contribution in [0.5, 0.6) is 0 Å². The predicted octanol–water partition coefficient (Wildman–Crippen LogP) is 2.08. The van der Waals surface area contributed by atoms with Crippen molar-refractivity contribution in [2.45, 2.75) is 24.8 Å². The summed E-state index contributed by atoms with van der Waals surface area (Å²) in [6.07, 6.45) is 1.01. The Labute approximate surface area is 124 Å². The molecule has 1 aromatic rings. The molecule has 1 unspecified atom stereocenters. The van der Waals surface area contributed by atoms with Gasteiger partial charge >= 0.3 is 0 Å². The fourth-order valence-corrected chi connectivity index (χ4v) is 2.44. The first kappa shape index (κ1) is 17.4. The molecule has 0 saturated heterocycles. The topological polar surface area (TPSA) is 98.5 Å². The molecule has 0 aromatic heterocycles. The monoisotopic (exact) mass is 316 g/mol. The first-order valence-electron chi connectivity index (χ1n) is 6.40. The summed E-state index contributed by atoms with van der Waals surface area (Å²) in [4.78, 5) is 10.5. The number of methoxy groups -OCH3 is 1. The Balaban J connectivity index is 3.21. The van der Waals surface area contributed by atoms with Crippen LogP contribution in [0.2, 0.25) is 0 Å². The van der Waals surface area contributed by atoms with Gasteiger partial charge in [-0.2, -0.15) is 0 Å². The summed E-state index contributed by atoms with van der Waals surface area (Å²) in [5.41, 5.74) is 0.0165. The Kier molecular flexibility index (Phi) is 5.68. The van der Waals surface area contributed by atoms with Crippen LogP contribution >= 0.6 is 0 Å². The zero-order valence-electron chi connectivity index (χ0n) is 12.5. The normalized spacial score (nSPS) is 13.2. The quantitative estimate of drug-likeness (QED) is 0.611. The lowest BCUT2D eigenvalue weighted by atomic mass is 10.0. The Hall–Kier alpha value is -1.67. The van der Waals surface area contributed by atoms with Crippen LogP contribution in [-0.2, 0) is 14.6 Å². The molecule has 0 spiro atoms. The van der Waals surface area contributed by atoms with Crippen molar-refractivity contribution in [3.63, 3.8) is 0 Å². The maximum Gasteiger partial charge on any atom is 0.293 e. The van der Waals surface area contributed by atoms with Crippen LogP contribution in [0.25, 0.3) is 0 Å². The maximum absolute atomic E-state index is 11.5. The predicted molar refractivity (Wildman–Crippen MR) is 80.3 cm³/mol.